The van der Waals surface area contributed by atoms with Crippen molar-refractivity contribution < 1.29 is 14.3 Å². The van der Waals surface area contributed by atoms with E-state index in [0.29, 0.717) is 19.1 Å². The highest BCUT2D eigenvalue weighted by molar-refractivity contribution is 5.49. The number of carbonyl (C=O) groups is 1. The summed E-state index contributed by atoms with van der Waals surface area (Å²) >= 11 is 0. The highest BCUT2D eigenvalue weighted by Crippen LogP contribution is 2.47. The van der Waals surface area contributed by atoms with Gasteiger partial charge in [0.25, 0.3) is 0 Å². The van der Waals surface area contributed by atoms with Crippen molar-refractivity contribution in [2.45, 2.75) is 67.7 Å². The number of ether oxygens (including phenoxy) is 2. The van der Waals surface area contributed by atoms with Crippen LogP contribution in [0, 0.1) is 11.3 Å². The Kier molecular flexibility index (Phi) is 23.0. The highest BCUT2D eigenvalue weighted by Gasteiger charge is 2.39. The molecule has 0 fully saturated rings. The van der Waals surface area contributed by atoms with Gasteiger partial charge in [-0.25, -0.2) is 0 Å². The molecular formula is C32H52O3. The van der Waals surface area contributed by atoms with Crippen molar-refractivity contribution in [3.8, 4) is 0 Å². The second-order valence-electron chi connectivity index (χ2n) is 8.18. The smallest absolute Gasteiger partial charge is 0.111 e. The van der Waals surface area contributed by atoms with Crippen molar-refractivity contribution in [3.05, 3.63) is 96.9 Å². The molecule has 0 aliphatic heterocycles. The molecule has 0 aromatic rings. The Morgan fingerprint density at radius 3 is 2.06 bits per heavy atom. The Balaban J connectivity index is -0.00000132. The maximum atomic E-state index is 8.00. The lowest BCUT2D eigenvalue weighted by atomic mass is 9.79. The maximum Gasteiger partial charge on any atom is 0.111 e. The van der Waals surface area contributed by atoms with Gasteiger partial charge in [0.1, 0.15) is 19.2 Å². The van der Waals surface area contributed by atoms with Gasteiger partial charge in [0.05, 0.1) is 6.61 Å². The van der Waals surface area contributed by atoms with E-state index in [9.17, 15) is 0 Å². The standard InChI is InChI=1S/C26H38O2.C3H6.C2H6.CH2O/c1-10-20(4)24(11-2)17-22(6)21(5)12-13-23(7)26(8)18-19(3)16-25(26)28-15-14-27-9;1-3-2;2*1-2/h12-13,16-17,19H,4-7,10-11,14-15,18H2,1-3,8-9H3;3H,1H2,2H3;1-2H3;1H2/b13-12-,24-17-;;;/t19?,26-;;;/m0.../s1. The molecule has 2 atom stereocenters. The van der Waals surface area contributed by atoms with E-state index < -0.39 is 0 Å². The van der Waals surface area contributed by atoms with Crippen LogP contribution < -0.4 is 0 Å². The molecule has 0 aromatic heterocycles. The molecule has 1 unspecified atom stereocenters. The summed E-state index contributed by atoms with van der Waals surface area (Å²) in [5.41, 5.74) is 5.00. The van der Waals surface area contributed by atoms with Gasteiger partial charge in [-0.3, -0.25) is 0 Å². The molecule has 1 aliphatic carbocycles. The van der Waals surface area contributed by atoms with Gasteiger partial charge in [-0.15, -0.1) is 6.58 Å². The molecule has 0 spiro atoms. The first-order chi connectivity index (χ1) is 16.6. The first-order valence-corrected chi connectivity index (χ1v) is 12.4. The van der Waals surface area contributed by atoms with Crippen molar-refractivity contribution in [2.24, 2.45) is 11.3 Å². The lowest BCUT2D eigenvalue weighted by Crippen LogP contribution is -2.21. The van der Waals surface area contributed by atoms with Gasteiger partial charge in [-0.05, 0) is 67.4 Å². The van der Waals surface area contributed by atoms with Crippen LogP contribution in [0.15, 0.2) is 96.9 Å². The Morgan fingerprint density at radius 2 is 1.60 bits per heavy atom. The van der Waals surface area contributed by atoms with E-state index in [2.05, 4.69) is 72.7 Å². The molecule has 0 bridgehead atoms. The van der Waals surface area contributed by atoms with E-state index in [0.717, 1.165) is 47.3 Å². The summed E-state index contributed by atoms with van der Waals surface area (Å²) in [6, 6.07) is 0. The van der Waals surface area contributed by atoms with E-state index in [-0.39, 0.29) is 5.41 Å². The Morgan fingerprint density at radius 1 is 1.06 bits per heavy atom. The van der Waals surface area contributed by atoms with Crippen LogP contribution in [0.5, 0.6) is 0 Å². The van der Waals surface area contributed by atoms with Gasteiger partial charge in [-0.1, -0.05) is 90.8 Å². The molecule has 0 saturated carbocycles. The minimum absolute atomic E-state index is 0.202. The summed E-state index contributed by atoms with van der Waals surface area (Å²) in [5, 5.41) is 0. The molecule has 0 aromatic carbocycles. The molecule has 198 valence electrons. The highest BCUT2D eigenvalue weighted by atomic mass is 16.5. The fraction of sp³-hybridized carbons (Fsp3) is 0.469. The second-order valence-corrected chi connectivity index (χ2v) is 8.18. The van der Waals surface area contributed by atoms with Crippen LogP contribution in [-0.2, 0) is 14.3 Å². The second kappa shape index (κ2) is 21.9. The Labute approximate surface area is 217 Å². The first-order valence-electron chi connectivity index (χ1n) is 12.4. The Hall–Kier alpha value is -2.65. The predicted octanol–water partition coefficient (Wildman–Crippen LogP) is 9.14. The van der Waals surface area contributed by atoms with Crippen LogP contribution in [-0.4, -0.2) is 27.1 Å². The maximum absolute atomic E-state index is 8.00. The summed E-state index contributed by atoms with van der Waals surface area (Å²) < 4.78 is 11.1. The average Bonchev–Trinajstić information content (AvgIpc) is 3.17. The van der Waals surface area contributed by atoms with Gasteiger partial charge in [0.2, 0.25) is 0 Å². The monoisotopic (exact) mass is 484 g/mol. The SMILES string of the molecule is C=C(/C=C\C(=C)[C@]1(C)CC(C)C=C1OCCOC)C(=C)/C=C(/CC)C(=C)CC.C=CC.C=O.CC. The van der Waals surface area contributed by atoms with Gasteiger partial charge < -0.3 is 14.3 Å². The molecule has 0 amide bonds. The van der Waals surface area contributed by atoms with Crippen LogP contribution in [0.3, 0.4) is 0 Å². The summed E-state index contributed by atoms with van der Waals surface area (Å²) in [7, 11) is 1.68. The lowest BCUT2D eigenvalue weighted by Gasteiger charge is -2.29. The first kappa shape index (κ1) is 36.9. The van der Waals surface area contributed by atoms with Crippen LogP contribution in [0.4, 0.5) is 0 Å². The van der Waals surface area contributed by atoms with Crippen molar-refractivity contribution in [2.75, 3.05) is 20.3 Å². The van der Waals surface area contributed by atoms with Crippen molar-refractivity contribution in [1.29, 1.82) is 0 Å². The van der Waals surface area contributed by atoms with E-state index in [1.54, 1.807) is 13.2 Å². The van der Waals surface area contributed by atoms with E-state index in [1.165, 1.54) is 5.57 Å². The third kappa shape index (κ3) is 13.7. The number of hydrogen-bond donors (Lipinski definition) is 0. The average molecular weight is 485 g/mol. The third-order valence-electron chi connectivity index (χ3n) is 5.47. The van der Waals surface area contributed by atoms with Crippen molar-refractivity contribution >= 4 is 6.79 Å². The summed E-state index contributed by atoms with van der Waals surface area (Å²) in [6.45, 7) is 37.9. The largest absolute Gasteiger partial charge is 0.495 e. The van der Waals surface area contributed by atoms with Gasteiger partial charge in [0.15, 0.2) is 0 Å². The summed E-state index contributed by atoms with van der Waals surface area (Å²) in [4.78, 5) is 8.00. The Bertz CT molecular complexity index is 764. The quantitative estimate of drug-likeness (QED) is 0.157. The van der Waals surface area contributed by atoms with Crippen molar-refractivity contribution in [1.82, 2.24) is 0 Å². The number of carbonyl (C=O) groups excluding carboxylic acids is 1. The lowest BCUT2D eigenvalue weighted by molar-refractivity contribution is -0.0979. The zero-order valence-electron chi connectivity index (χ0n) is 24.0. The fourth-order valence-electron chi connectivity index (χ4n) is 3.45. The van der Waals surface area contributed by atoms with Crippen LogP contribution >= 0.6 is 0 Å². The molecule has 3 nitrogen and oxygen atoms in total. The van der Waals surface area contributed by atoms with Gasteiger partial charge in [0, 0.05) is 12.5 Å². The van der Waals surface area contributed by atoms with Crippen LogP contribution in [0.25, 0.3) is 0 Å². The predicted molar refractivity (Wildman–Crippen MR) is 157 cm³/mol. The number of methoxy groups -OCH3 is 1. The molecule has 1 rings (SSSR count). The molecular weight excluding hydrogens is 432 g/mol. The van der Waals surface area contributed by atoms with E-state index in [1.807, 2.05) is 39.7 Å². The number of allylic oxidation sites excluding steroid dienone is 10. The normalized spacial score (nSPS) is 18.5. The fourth-order valence-corrected chi connectivity index (χ4v) is 3.45. The van der Waals surface area contributed by atoms with E-state index >= 15 is 0 Å². The minimum Gasteiger partial charge on any atom is -0.495 e. The zero-order valence-corrected chi connectivity index (χ0v) is 24.0. The van der Waals surface area contributed by atoms with Crippen LogP contribution in [0.2, 0.25) is 0 Å². The topological polar surface area (TPSA) is 35.5 Å². The molecule has 0 heterocycles. The zero-order chi connectivity index (χ0) is 28.0. The molecule has 0 saturated heterocycles. The summed E-state index contributed by atoms with van der Waals surface area (Å²) in [6.07, 6.45) is 13.0. The number of rotatable bonds is 12. The molecule has 3 heteroatoms. The minimum atomic E-state index is -0.202. The molecule has 0 N–H and O–H groups in total. The van der Waals surface area contributed by atoms with Gasteiger partial charge in [-0.2, -0.15) is 0 Å². The molecule has 1 aliphatic rings. The van der Waals surface area contributed by atoms with Crippen LogP contribution in [0.1, 0.15) is 67.7 Å². The molecule has 0 radical (unpaired) electrons. The number of hydrogen-bond acceptors (Lipinski definition) is 3. The molecule has 35 heavy (non-hydrogen) atoms. The third-order valence-corrected chi connectivity index (χ3v) is 5.47. The van der Waals surface area contributed by atoms with E-state index in [4.69, 9.17) is 14.3 Å². The summed E-state index contributed by atoms with van der Waals surface area (Å²) in [5.74, 6) is 1.45. The van der Waals surface area contributed by atoms with Gasteiger partial charge >= 0.3 is 0 Å². The van der Waals surface area contributed by atoms with Crippen molar-refractivity contribution in [3.63, 3.8) is 0 Å².